The first-order chi connectivity index (χ1) is 16.6. The molecule has 0 bridgehead atoms. The van der Waals surface area contributed by atoms with Gasteiger partial charge in [-0.25, -0.2) is 15.0 Å². The molecule has 3 saturated carbocycles. The number of nitrogens with zero attached hydrogens (tertiary/aromatic N) is 6. The van der Waals surface area contributed by atoms with Crippen molar-refractivity contribution in [2.75, 3.05) is 24.5 Å². The van der Waals surface area contributed by atoms with Gasteiger partial charge in [0.1, 0.15) is 11.9 Å². The van der Waals surface area contributed by atoms with Crippen molar-refractivity contribution >= 4 is 29.4 Å². The SMILES string of the molecule is C=Cc1ncc(Cl)c(-c2cc(C#N)c(N3CCN(C(=O)C4CC4)C(C4CC4)C3)nc2C2CC2)n1. The number of amides is 1. The van der Waals surface area contributed by atoms with E-state index in [9.17, 15) is 10.1 Å². The van der Waals surface area contributed by atoms with Gasteiger partial charge < -0.3 is 9.80 Å². The van der Waals surface area contributed by atoms with E-state index in [2.05, 4.69) is 32.4 Å². The van der Waals surface area contributed by atoms with Gasteiger partial charge in [-0.15, -0.1) is 0 Å². The highest BCUT2D eigenvalue weighted by Gasteiger charge is 2.45. The zero-order chi connectivity index (χ0) is 23.4. The maximum Gasteiger partial charge on any atom is 0.226 e. The molecule has 1 amide bonds. The first-order valence-corrected chi connectivity index (χ1v) is 12.6. The van der Waals surface area contributed by atoms with Gasteiger partial charge in [0.05, 0.1) is 34.2 Å². The Hall–Kier alpha value is -2.98. The maximum absolute atomic E-state index is 12.9. The van der Waals surface area contributed by atoms with Gasteiger partial charge in [0.2, 0.25) is 5.91 Å². The lowest BCUT2D eigenvalue weighted by molar-refractivity contribution is -0.135. The second-order valence-electron chi connectivity index (χ2n) is 9.96. The number of carbonyl (C=O) groups is 1. The van der Waals surface area contributed by atoms with E-state index < -0.39 is 0 Å². The maximum atomic E-state index is 12.9. The molecule has 3 aliphatic carbocycles. The van der Waals surface area contributed by atoms with E-state index in [4.69, 9.17) is 16.6 Å². The number of halogens is 1. The first-order valence-electron chi connectivity index (χ1n) is 12.2. The van der Waals surface area contributed by atoms with Crippen LogP contribution in [0.4, 0.5) is 5.82 Å². The van der Waals surface area contributed by atoms with Crippen molar-refractivity contribution in [3.8, 4) is 17.3 Å². The molecule has 0 spiro atoms. The minimum absolute atomic E-state index is 0.214. The van der Waals surface area contributed by atoms with Crippen LogP contribution in [0.3, 0.4) is 0 Å². The van der Waals surface area contributed by atoms with Gasteiger partial charge in [-0.3, -0.25) is 4.79 Å². The molecule has 4 aliphatic rings. The summed E-state index contributed by atoms with van der Waals surface area (Å²) >= 11 is 6.49. The summed E-state index contributed by atoms with van der Waals surface area (Å²) in [7, 11) is 0. The van der Waals surface area contributed by atoms with Crippen LogP contribution < -0.4 is 4.90 Å². The lowest BCUT2D eigenvalue weighted by Crippen LogP contribution is -2.57. The molecule has 0 radical (unpaired) electrons. The van der Waals surface area contributed by atoms with E-state index in [0.29, 0.717) is 52.9 Å². The molecule has 4 fully saturated rings. The van der Waals surface area contributed by atoms with Crippen LogP contribution in [-0.2, 0) is 4.79 Å². The van der Waals surface area contributed by atoms with Gasteiger partial charge in [0.15, 0.2) is 5.82 Å². The van der Waals surface area contributed by atoms with Crippen molar-refractivity contribution in [1.82, 2.24) is 19.9 Å². The van der Waals surface area contributed by atoms with E-state index in [0.717, 1.165) is 49.3 Å². The number of pyridine rings is 1. The van der Waals surface area contributed by atoms with Crippen molar-refractivity contribution in [3.63, 3.8) is 0 Å². The Labute approximate surface area is 204 Å². The number of hydrogen-bond donors (Lipinski definition) is 0. The summed E-state index contributed by atoms with van der Waals surface area (Å²) in [6.07, 6.45) is 9.71. The molecule has 8 heteroatoms. The largest absolute Gasteiger partial charge is 0.352 e. The van der Waals surface area contributed by atoms with Crippen molar-refractivity contribution in [1.29, 1.82) is 5.26 Å². The summed E-state index contributed by atoms with van der Waals surface area (Å²) < 4.78 is 0. The van der Waals surface area contributed by atoms with Gasteiger partial charge in [0, 0.05) is 37.0 Å². The van der Waals surface area contributed by atoms with Crippen LogP contribution in [0.1, 0.15) is 61.5 Å². The van der Waals surface area contributed by atoms with Crippen LogP contribution in [0.2, 0.25) is 5.02 Å². The average Bonchev–Trinajstić information content (AvgIpc) is 3.73. The molecular formula is C26H27ClN6O. The third-order valence-electron chi connectivity index (χ3n) is 7.41. The molecular weight excluding hydrogens is 448 g/mol. The summed E-state index contributed by atoms with van der Waals surface area (Å²) in [5.74, 6) is 2.70. The second-order valence-corrected chi connectivity index (χ2v) is 10.4. The highest BCUT2D eigenvalue weighted by atomic mass is 35.5. The summed E-state index contributed by atoms with van der Waals surface area (Å²) in [5, 5.41) is 10.5. The molecule has 174 valence electrons. The van der Waals surface area contributed by atoms with E-state index >= 15 is 0 Å². The van der Waals surface area contributed by atoms with E-state index in [1.165, 1.54) is 12.8 Å². The molecule has 34 heavy (non-hydrogen) atoms. The summed E-state index contributed by atoms with van der Waals surface area (Å²) in [5.41, 5.74) is 2.87. The molecule has 1 aliphatic heterocycles. The quantitative estimate of drug-likeness (QED) is 0.616. The number of hydrogen-bond acceptors (Lipinski definition) is 6. The van der Waals surface area contributed by atoms with Crippen LogP contribution in [-0.4, -0.2) is 51.4 Å². The van der Waals surface area contributed by atoms with Crippen LogP contribution in [0.25, 0.3) is 17.3 Å². The van der Waals surface area contributed by atoms with E-state index in [1.807, 2.05) is 6.07 Å². The molecule has 1 atom stereocenters. The fourth-order valence-corrected chi connectivity index (χ4v) is 5.28. The minimum atomic E-state index is 0.214. The summed E-state index contributed by atoms with van der Waals surface area (Å²) in [6, 6.07) is 4.48. The summed E-state index contributed by atoms with van der Waals surface area (Å²) in [6.45, 7) is 5.90. The van der Waals surface area contributed by atoms with E-state index in [1.54, 1.807) is 12.3 Å². The molecule has 6 rings (SSSR count). The molecule has 2 aromatic heterocycles. The van der Waals surface area contributed by atoms with Crippen LogP contribution in [0, 0.1) is 23.2 Å². The van der Waals surface area contributed by atoms with Crippen LogP contribution in [0.5, 0.6) is 0 Å². The Balaban J connectivity index is 1.37. The molecule has 1 saturated heterocycles. The standard InChI is InChI=1S/C26H27ClN6O/c1-2-22-29-13-20(27)24(30-22)19-11-18(12-28)25(31-23(19)16-5-6-16)32-9-10-33(26(34)17-7-8-17)21(14-32)15-3-4-15/h2,11,13,15-17,21H,1,3-10,14H2. The molecule has 3 heterocycles. The number of piperazine rings is 1. The number of nitriles is 1. The molecule has 1 unspecified atom stereocenters. The number of carbonyl (C=O) groups excluding carboxylic acids is 1. The highest BCUT2D eigenvalue weighted by Crippen LogP contribution is 2.46. The normalized spacial score (nSPS) is 22.4. The zero-order valence-corrected chi connectivity index (χ0v) is 19.8. The topological polar surface area (TPSA) is 86.0 Å². The Morgan fingerprint density at radius 1 is 1.18 bits per heavy atom. The Morgan fingerprint density at radius 3 is 2.62 bits per heavy atom. The van der Waals surface area contributed by atoms with Gasteiger partial charge in [0.25, 0.3) is 0 Å². The lowest BCUT2D eigenvalue weighted by Gasteiger charge is -2.43. The number of rotatable bonds is 6. The Kier molecular flexibility index (Phi) is 5.29. The fourth-order valence-electron chi connectivity index (χ4n) is 5.09. The minimum Gasteiger partial charge on any atom is -0.352 e. The number of anilines is 1. The van der Waals surface area contributed by atoms with E-state index in [-0.39, 0.29) is 12.0 Å². The smallest absolute Gasteiger partial charge is 0.226 e. The van der Waals surface area contributed by atoms with Crippen LogP contribution >= 0.6 is 11.6 Å². The predicted octanol–water partition coefficient (Wildman–Crippen LogP) is 4.42. The molecule has 0 aromatic carbocycles. The monoisotopic (exact) mass is 474 g/mol. The third-order valence-corrected chi connectivity index (χ3v) is 7.69. The van der Waals surface area contributed by atoms with Gasteiger partial charge in [-0.1, -0.05) is 18.2 Å². The highest BCUT2D eigenvalue weighted by molar-refractivity contribution is 6.33. The van der Waals surface area contributed by atoms with Gasteiger partial charge in [-0.2, -0.15) is 5.26 Å². The van der Waals surface area contributed by atoms with Gasteiger partial charge >= 0.3 is 0 Å². The van der Waals surface area contributed by atoms with Crippen LogP contribution in [0.15, 0.2) is 18.8 Å². The molecule has 7 nitrogen and oxygen atoms in total. The lowest BCUT2D eigenvalue weighted by atomic mass is 10.0. The second kappa shape index (κ2) is 8.35. The molecule has 0 N–H and O–H groups in total. The first kappa shape index (κ1) is 21.5. The van der Waals surface area contributed by atoms with Crippen molar-refractivity contribution < 1.29 is 4.79 Å². The number of aromatic nitrogens is 3. The third kappa shape index (κ3) is 3.94. The predicted molar refractivity (Wildman–Crippen MR) is 130 cm³/mol. The Bertz CT molecular complexity index is 1210. The van der Waals surface area contributed by atoms with Crippen molar-refractivity contribution in [2.45, 2.75) is 50.5 Å². The van der Waals surface area contributed by atoms with Crippen molar-refractivity contribution in [3.05, 3.63) is 40.9 Å². The zero-order valence-electron chi connectivity index (χ0n) is 19.1. The Morgan fingerprint density at radius 2 is 1.97 bits per heavy atom. The fraction of sp³-hybridized carbons (Fsp3) is 0.500. The summed E-state index contributed by atoms with van der Waals surface area (Å²) in [4.78, 5) is 31.1. The molecule has 2 aromatic rings. The average molecular weight is 475 g/mol. The van der Waals surface area contributed by atoms with Crippen molar-refractivity contribution in [2.24, 2.45) is 11.8 Å². The van der Waals surface area contributed by atoms with Gasteiger partial charge in [-0.05, 0) is 56.6 Å².